The van der Waals surface area contributed by atoms with E-state index in [9.17, 15) is 22.4 Å². The normalized spacial score (nSPS) is 12.5. The molecule has 1 atom stereocenters. The predicted molar refractivity (Wildman–Crippen MR) is 135 cm³/mol. The van der Waals surface area contributed by atoms with Gasteiger partial charge in [-0.05, 0) is 50.5 Å². The van der Waals surface area contributed by atoms with Crippen molar-refractivity contribution >= 4 is 27.7 Å². The summed E-state index contributed by atoms with van der Waals surface area (Å²) in [6, 6.07) is 11.9. The Balaban J connectivity index is 2.54. The van der Waals surface area contributed by atoms with Gasteiger partial charge in [0.05, 0.1) is 5.69 Å². The number of hydrogen-bond acceptors (Lipinski definition) is 4. The van der Waals surface area contributed by atoms with E-state index in [0.29, 0.717) is 6.42 Å². The molecule has 2 rings (SSSR count). The Kier molecular flexibility index (Phi) is 9.79. The van der Waals surface area contributed by atoms with E-state index in [2.05, 4.69) is 5.32 Å². The number of nitrogens with one attached hydrogen (secondary N) is 1. The summed E-state index contributed by atoms with van der Waals surface area (Å²) in [7, 11) is -1.60. The van der Waals surface area contributed by atoms with E-state index in [0.717, 1.165) is 25.8 Å². The zero-order valence-electron chi connectivity index (χ0n) is 21.2. The molecule has 0 saturated carbocycles. The van der Waals surface area contributed by atoms with Gasteiger partial charge in [0.25, 0.3) is 0 Å². The van der Waals surface area contributed by atoms with Gasteiger partial charge in [0.15, 0.2) is 0 Å². The minimum Gasteiger partial charge on any atom is -0.352 e. The molecule has 0 radical (unpaired) electrons. The molecule has 0 fully saturated rings. The first kappa shape index (κ1) is 28.3. The topological polar surface area (TPSA) is 90.0 Å². The minimum atomic E-state index is -4.22. The number of rotatable bonds is 11. The third-order valence-corrected chi connectivity index (χ3v) is 7.36. The summed E-state index contributed by atoms with van der Waals surface area (Å²) >= 11 is 0. The molecule has 0 aromatic heterocycles. The Labute approximate surface area is 207 Å². The van der Waals surface area contributed by atoms with E-state index in [4.69, 9.17) is 0 Å². The first-order chi connectivity index (χ1) is 16.4. The van der Waals surface area contributed by atoms with Crippen LogP contribution in [0.3, 0.4) is 0 Å². The molecule has 1 N–H and O–H groups in total. The lowest BCUT2D eigenvalue weighted by molar-refractivity contribution is -0.140. The van der Waals surface area contributed by atoms with Gasteiger partial charge in [-0.15, -0.1) is 0 Å². The van der Waals surface area contributed by atoms with Crippen molar-refractivity contribution in [2.45, 2.75) is 52.7 Å². The molecule has 0 aliphatic heterocycles. The highest BCUT2D eigenvalue weighted by Crippen LogP contribution is 2.24. The van der Waals surface area contributed by atoms with Crippen molar-refractivity contribution in [3.63, 3.8) is 0 Å². The summed E-state index contributed by atoms with van der Waals surface area (Å²) in [5.74, 6) is -1.73. The van der Waals surface area contributed by atoms with Crippen LogP contribution in [0.15, 0.2) is 48.5 Å². The first-order valence-electron chi connectivity index (χ1n) is 11.5. The Morgan fingerprint density at radius 3 is 2.17 bits per heavy atom. The lowest BCUT2D eigenvalue weighted by Gasteiger charge is -2.34. The summed E-state index contributed by atoms with van der Waals surface area (Å²) in [6.07, 6.45) is 0.316. The Morgan fingerprint density at radius 1 is 1.03 bits per heavy atom. The highest BCUT2D eigenvalue weighted by Gasteiger charge is 2.34. The standard InChI is InChI=1S/C25H35FN4O4S/c1-7-22(25(32)27-18(2)3)29(16-20-13-9-8-12-19(20)4)24(31)17-30(35(33,34)28(5)6)23-15-11-10-14-21(23)26/h8-15,18,22H,7,16-17H2,1-6H3,(H,27,32)/t22-/m0/s1. The summed E-state index contributed by atoms with van der Waals surface area (Å²) in [5, 5.41) is 2.84. The highest BCUT2D eigenvalue weighted by atomic mass is 32.2. The fourth-order valence-electron chi connectivity index (χ4n) is 3.63. The molecule has 0 unspecified atom stereocenters. The van der Waals surface area contributed by atoms with Crippen LogP contribution < -0.4 is 9.62 Å². The molecule has 2 aromatic carbocycles. The van der Waals surface area contributed by atoms with Gasteiger partial charge in [-0.1, -0.05) is 43.3 Å². The molecule has 192 valence electrons. The SMILES string of the molecule is CC[C@@H](C(=O)NC(C)C)N(Cc1ccccc1C)C(=O)CN(c1ccccc1F)S(=O)(=O)N(C)C. The van der Waals surface area contributed by atoms with Crippen LogP contribution in [0.1, 0.15) is 38.3 Å². The Hall–Kier alpha value is -2.98. The molecule has 10 heteroatoms. The summed E-state index contributed by atoms with van der Waals surface area (Å²) < 4.78 is 42.5. The number of amides is 2. The lowest BCUT2D eigenvalue weighted by Crippen LogP contribution is -2.54. The largest absolute Gasteiger partial charge is 0.352 e. The van der Waals surface area contributed by atoms with Crippen LogP contribution in [0.4, 0.5) is 10.1 Å². The van der Waals surface area contributed by atoms with Crippen LogP contribution >= 0.6 is 0 Å². The van der Waals surface area contributed by atoms with Crippen molar-refractivity contribution < 1.29 is 22.4 Å². The van der Waals surface area contributed by atoms with Gasteiger partial charge >= 0.3 is 10.2 Å². The predicted octanol–water partition coefficient (Wildman–Crippen LogP) is 3.08. The van der Waals surface area contributed by atoms with Crippen molar-refractivity contribution in [2.75, 3.05) is 24.9 Å². The van der Waals surface area contributed by atoms with E-state index >= 15 is 0 Å². The molecule has 0 aliphatic carbocycles. The molecule has 0 spiro atoms. The molecule has 0 bridgehead atoms. The third kappa shape index (κ3) is 7.02. The molecular weight excluding hydrogens is 471 g/mol. The van der Waals surface area contributed by atoms with E-state index < -0.39 is 34.5 Å². The quantitative estimate of drug-likeness (QED) is 0.507. The van der Waals surface area contributed by atoms with Crippen molar-refractivity contribution in [1.82, 2.24) is 14.5 Å². The van der Waals surface area contributed by atoms with Gasteiger partial charge in [-0.25, -0.2) is 8.70 Å². The van der Waals surface area contributed by atoms with Gasteiger partial charge in [-0.3, -0.25) is 9.59 Å². The Bertz CT molecular complexity index is 1140. The summed E-state index contributed by atoms with van der Waals surface area (Å²) in [5.41, 5.74) is 1.51. The molecule has 35 heavy (non-hydrogen) atoms. The van der Waals surface area contributed by atoms with Crippen molar-refractivity contribution in [3.8, 4) is 0 Å². The highest BCUT2D eigenvalue weighted by molar-refractivity contribution is 7.90. The van der Waals surface area contributed by atoms with E-state index in [1.54, 1.807) is 6.92 Å². The number of nitrogens with zero attached hydrogens (tertiary/aromatic N) is 3. The molecule has 0 heterocycles. The minimum absolute atomic E-state index is 0.0999. The van der Waals surface area contributed by atoms with Crippen LogP contribution in [0.25, 0.3) is 0 Å². The fourth-order valence-corrected chi connectivity index (χ4v) is 4.69. The molecular formula is C25H35FN4O4S. The number of aryl methyl sites for hydroxylation is 1. The second-order valence-corrected chi connectivity index (χ2v) is 10.9. The molecule has 8 nitrogen and oxygen atoms in total. The molecule has 0 saturated heterocycles. The monoisotopic (exact) mass is 506 g/mol. The van der Waals surface area contributed by atoms with E-state index in [-0.39, 0.29) is 24.2 Å². The van der Waals surface area contributed by atoms with Crippen LogP contribution in [-0.2, 0) is 26.3 Å². The number of carbonyl (C=O) groups excluding carboxylic acids is 2. The lowest BCUT2D eigenvalue weighted by atomic mass is 10.1. The fraction of sp³-hybridized carbons (Fsp3) is 0.440. The summed E-state index contributed by atoms with van der Waals surface area (Å²) in [4.78, 5) is 28.1. The molecule has 2 amide bonds. The zero-order chi connectivity index (χ0) is 26.3. The van der Waals surface area contributed by atoms with Gasteiger partial charge in [-0.2, -0.15) is 12.7 Å². The average molecular weight is 507 g/mol. The van der Waals surface area contributed by atoms with Crippen LogP contribution in [-0.4, -0.2) is 62.2 Å². The van der Waals surface area contributed by atoms with Gasteiger partial charge in [0, 0.05) is 26.7 Å². The number of hydrogen-bond donors (Lipinski definition) is 1. The second kappa shape index (κ2) is 12.1. The van der Waals surface area contributed by atoms with E-state index in [1.165, 1.54) is 37.2 Å². The van der Waals surface area contributed by atoms with Crippen LogP contribution in [0.2, 0.25) is 0 Å². The maximum absolute atomic E-state index is 14.7. The Morgan fingerprint density at radius 2 is 1.63 bits per heavy atom. The number of carbonyl (C=O) groups is 2. The van der Waals surface area contributed by atoms with Gasteiger partial charge in [0.1, 0.15) is 18.4 Å². The van der Waals surface area contributed by atoms with Gasteiger partial charge < -0.3 is 10.2 Å². The number of para-hydroxylation sites is 1. The average Bonchev–Trinajstić information content (AvgIpc) is 2.78. The van der Waals surface area contributed by atoms with Crippen molar-refractivity contribution in [3.05, 3.63) is 65.5 Å². The number of anilines is 1. The number of halogens is 1. The van der Waals surface area contributed by atoms with E-state index in [1.807, 2.05) is 45.0 Å². The van der Waals surface area contributed by atoms with Crippen molar-refractivity contribution in [2.24, 2.45) is 0 Å². The van der Waals surface area contributed by atoms with Crippen LogP contribution in [0, 0.1) is 12.7 Å². The zero-order valence-corrected chi connectivity index (χ0v) is 22.0. The van der Waals surface area contributed by atoms with Crippen LogP contribution in [0.5, 0.6) is 0 Å². The maximum atomic E-state index is 14.7. The van der Waals surface area contributed by atoms with Crippen molar-refractivity contribution in [1.29, 1.82) is 0 Å². The smallest absolute Gasteiger partial charge is 0.304 e. The molecule has 2 aromatic rings. The maximum Gasteiger partial charge on any atom is 0.304 e. The molecule has 0 aliphatic rings. The number of benzene rings is 2. The first-order valence-corrected chi connectivity index (χ1v) is 12.9. The second-order valence-electron chi connectivity index (χ2n) is 8.78. The summed E-state index contributed by atoms with van der Waals surface area (Å²) in [6.45, 7) is 6.76. The third-order valence-electron chi connectivity index (χ3n) is 5.56. The van der Waals surface area contributed by atoms with Gasteiger partial charge in [0.2, 0.25) is 11.8 Å².